The summed E-state index contributed by atoms with van der Waals surface area (Å²) < 4.78 is 13.2. The summed E-state index contributed by atoms with van der Waals surface area (Å²) in [6.45, 7) is 2.27. The number of hydrogen-bond acceptors (Lipinski definition) is 5. The van der Waals surface area contributed by atoms with E-state index in [1.165, 1.54) is 0 Å². The number of ether oxygens (including phenoxy) is 2. The van der Waals surface area contributed by atoms with Gasteiger partial charge in [0.25, 0.3) is 0 Å². The van der Waals surface area contributed by atoms with Crippen LogP contribution in [0, 0.1) is 11.3 Å². The molecule has 0 aliphatic heterocycles. The largest absolute Gasteiger partial charge is 0.488 e. The van der Waals surface area contributed by atoms with E-state index in [1.54, 1.807) is 37.3 Å². The number of carboxylic acid groups (broad SMARTS) is 1. The van der Waals surface area contributed by atoms with Gasteiger partial charge in [0.15, 0.2) is 0 Å². The highest BCUT2D eigenvalue weighted by Gasteiger charge is 2.16. The van der Waals surface area contributed by atoms with E-state index in [0.717, 1.165) is 26.7 Å². The lowest BCUT2D eigenvalue weighted by Crippen LogP contribution is -2.33. The number of carbonyl (C=O) groups is 1. The van der Waals surface area contributed by atoms with E-state index >= 15 is 0 Å². The van der Waals surface area contributed by atoms with Gasteiger partial charge < -0.3 is 19.9 Å². The molecule has 0 bridgehead atoms. The first-order valence-electron chi connectivity index (χ1n) is 12.2. The maximum absolute atomic E-state index is 11.3. The lowest BCUT2D eigenvalue weighted by atomic mass is 10.0. The third-order valence-corrected chi connectivity index (χ3v) is 7.31. The minimum atomic E-state index is -0.958. The Morgan fingerprint density at radius 1 is 0.974 bits per heavy atom. The van der Waals surface area contributed by atoms with Crippen molar-refractivity contribution < 1.29 is 19.4 Å². The van der Waals surface area contributed by atoms with E-state index in [-0.39, 0.29) is 19.8 Å². The molecule has 1 unspecified atom stereocenters. The number of halogens is 2. The zero-order chi connectivity index (χ0) is 27.8. The summed E-state index contributed by atoms with van der Waals surface area (Å²) in [5, 5.41) is 21.8. The standard InChI is InChI=1S/C31H26BrClN2O4/c1-20(31(36)37)35-17-25-14-27(33)29(15-28(25)38-18-22-8-5-7-21(13-22)16-34)39-19-24-11-6-12-26(30(24)32)23-9-3-2-4-10-23/h2-15,20,35H,17-19H2,1H3,(H,36,37). The van der Waals surface area contributed by atoms with Crippen LogP contribution in [-0.4, -0.2) is 17.1 Å². The van der Waals surface area contributed by atoms with Crippen molar-refractivity contribution in [2.45, 2.75) is 32.7 Å². The molecule has 0 aliphatic carbocycles. The Morgan fingerprint density at radius 2 is 1.72 bits per heavy atom. The molecule has 8 heteroatoms. The number of nitriles is 1. The molecular formula is C31H26BrClN2O4. The molecule has 0 amide bonds. The molecule has 4 aromatic carbocycles. The van der Waals surface area contributed by atoms with Crippen LogP contribution in [0.4, 0.5) is 0 Å². The zero-order valence-corrected chi connectivity index (χ0v) is 23.5. The first kappa shape index (κ1) is 28.2. The second-order valence-corrected chi connectivity index (χ2v) is 10.1. The maximum Gasteiger partial charge on any atom is 0.320 e. The quantitative estimate of drug-likeness (QED) is 0.186. The van der Waals surface area contributed by atoms with Crippen molar-refractivity contribution in [3.05, 3.63) is 117 Å². The molecule has 6 nitrogen and oxygen atoms in total. The van der Waals surface area contributed by atoms with Gasteiger partial charge in [-0.3, -0.25) is 4.79 Å². The Morgan fingerprint density at radius 3 is 2.46 bits per heavy atom. The van der Waals surface area contributed by atoms with Crippen molar-refractivity contribution in [3.8, 4) is 28.7 Å². The molecule has 0 aliphatic rings. The van der Waals surface area contributed by atoms with Gasteiger partial charge in [0, 0.05) is 28.2 Å². The van der Waals surface area contributed by atoms with Gasteiger partial charge in [-0.25, -0.2) is 0 Å². The maximum atomic E-state index is 11.3. The van der Waals surface area contributed by atoms with Crippen molar-refractivity contribution >= 4 is 33.5 Å². The van der Waals surface area contributed by atoms with Crippen LogP contribution in [0.15, 0.2) is 89.4 Å². The summed E-state index contributed by atoms with van der Waals surface area (Å²) in [4.78, 5) is 11.3. The number of nitrogens with one attached hydrogen (secondary N) is 1. The number of carboxylic acids is 1. The fourth-order valence-electron chi connectivity index (χ4n) is 3.89. The Hall–Kier alpha value is -3.83. The summed E-state index contributed by atoms with van der Waals surface area (Å²) in [5.74, 6) is -0.0245. The number of hydrogen-bond donors (Lipinski definition) is 2. The summed E-state index contributed by atoms with van der Waals surface area (Å²) in [6.07, 6.45) is 0. The van der Waals surface area contributed by atoms with Crippen LogP contribution in [0.25, 0.3) is 11.1 Å². The minimum Gasteiger partial charge on any atom is -0.488 e. The van der Waals surface area contributed by atoms with Crippen LogP contribution in [0.1, 0.15) is 29.2 Å². The van der Waals surface area contributed by atoms with E-state index in [0.29, 0.717) is 27.6 Å². The van der Waals surface area contributed by atoms with E-state index < -0.39 is 12.0 Å². The second-order valence-electron chi connectivity index (χ2n) is 8.87. The summed E-state index contributed by atoms with van der Waals surface area (Å²) in [6, 6.07) is 28.0. The lowest BCUT2D eigenvalue weighted by molar-refractivity contribution is -0.139. The highest BCUT2D eigenvalue weighted by atomic mass is 79.9. The van der Waals surface area contributed by atoms with Crippen molar-refractivity contribution in [2.75, 3.05) is 0 Å². The van der Waals surface area contributed by atoms with Gasteiger partial charge in [-0.05, 0) is 57.7 Å². The predicted octanol–water partition coefficient (Wildman–Crippen LogP) is 7.36. The zero-order valence-electron chi connectivity index (χ0n) is 21.2. The molecule has 0 saturated heterocycles. The van der Waals surface area contributed by atoms with Gasteiger partial charge >= 0.3 is 5.97 Å². The van der Waals surface area contributed by atoms with Gasteiger partial charge in [0.05, 0.1) is 16.7 Å². The third kappa shape index (κ3) is 7.39. The molecule has 0 aromatic heterocycles. The van der Waals surface area contributed by atoms with Crippen molar-refractivity contribution in [1.82, 2.24) is 5.32 Å². The molecule has 2 N–H and O–H groups in total. The van der Waals surface area contributed by atoms with Gasteiger partial charge in [0.2, 0.25) is 0 Å². The van der Waals surface area contributed by atoms with Crippen LogP contribution in [0.2, 0.25) is 5.02 Å². The topological polar surface area (TPSA) is 91.6 Å². The molecule has 1 atom stereocenters. The monoisotopic (exact) mass is 604 g/mol. The van der Waals surface area contributed by atoms with E-state index in [9.17, 15) is 15.2 Å². The van der Waals surface area contributed by atoms with Crippen LogP contribution in [0.5, 0.6) is 11.5 Å². The Kier molecular flexibility index (Phi) is 9.61. The Bertz CT molecular complexity index is 1500. The lowest BCUT2D eigenvalue weighted by Gasteiger charge is -2.18. The highest BCUT2D eigenvalue weighted by Crippen LogP contribution is 2.36. The first-order valence-corrected chi connectivity index (χ1v) is 13.4. The van der Waals surface area contributed by atoms with Gasteiger partial charge in [0.1, 0.15) is 30.8 Å². The number of nitrogens with zero attached hydrogens (tertiary/aromatic N) is 1. The average Bonchev–Trinajstić information content (AvgIpc) is 2.95. The number of rotatable bonds is 11. The molecule has 0 radical (unpaired) electrons. The van der Waals surface area contributed by atoms with Crippen molar-refractivity contribution in [1.29, 1.82) is 5.26 Å². The number of benzene rings is 4. The Labute approximate surface area is 240 Å². The highest BCUT2D eigenvalue weighted by molar-refractivity contribution is 9.10. The van der Waals surface area contributed by atoms with Crippen LogP contribution in [-0.2, 0) is 24.6 Å². The minimum absolute atomic E-state index is 0.211. The molecule has 4 rings (SSSR count). The van der Waals surface area contributed by atoms with Crippen molar-refractivity contribution in [3.63, 3.8) is 0 Å². The molecule has 0 fully saturated rings. The summed E-state index contributed by atoms with van der Waals surface area (Å²) in [7, 11) is 0. The van der Waals surface area contributed by atoms with Crippen LogP contribution >= 0.6 is 27.5 Å². The Balaban J connectivity index is 1.57. The SMILES string of the molecule is CC(NCc1cc(Cl)c(OCc2cccc(-c3ccccc3)c2Br)cc1OCc1cccc(C#N)c1)C(=O)O. The van der Waals surface area contributed by atoms with Crippen LogP contribution in [0.3, 0.4) is 0 Å². The average molecular weight is 606 g/mol. The summed E-state index contributed by atoms with van der Waals surface area (Å²) in [5.41, 5.74) is 5.14. The molecule has 4 aromatic rings. The van der Waals surface area contributed by atoms with Crippen LogP contribution < -0.4 is 14.8 Å². The summed E-state index contributed by atoms with van der Waals surface area (Å²) >= 11 is 10.3. The van der Waals surface area contributed by atoms with Crippen molar-refractivity contribution in [2.24, 2.45) is 0 Å². The fourth-order valence-corrected chi connectivity index (χ4v) is 4.74. The molecule has 198 valence electrons. The smallest absolute Gasteiger partial charge is 0.320 e. The second kappa shape index (κ2) is 13.3. The molecule has 0 heterocycles. The molecule has 0 spiro atoms. The van der Waals surface area contributed by atoms with Gasteiger partial charge in [-0.1, -0.05) is 72.3 Å². The molecule has 39 heavy (non-hydrogen) atoms. The first-order chi connectivity index (χ1) is 18.9. The number of aliphatic carboxylic acids is 1. The van der Waals surface area contributed by atoms with Gasteiger partial charge in [-0.15, -0.1) is 0 Å². The molecule has 0 saturated carbocycles. The normalized spacial score (nSPS) is 11.4. The van der Waals surface area contributed by atoms with E-state index in [1.807, 2.05) is 42.5 Å². The molecular weight excluding hydrogens is 580 g/mol. The predicted molar refractivity (Wildman–Crippen MR) is 155 cm³/mol. The van der Waals surface area contributed by atoms with Gasteiger partial charge in [-0.2, -0.15) is 5.26 Å². The fraction of sp³-hybridized carbons (Fsp3) is 0.161. The van der Waals surface area contributed by atoms with E-state index in [2.05, 4.69) is 39.4 Å². The van der Waals surface area contributed by atoms with E-state index in [4.69, 9.17) is 21.1 Å². The third-order valence-electron chi connectivity index (χ3n) is 6.08.